The Labute approximate surface area is 161 Å². The maximum absolute atomic E-state index is 12.4. The molecule has 0 spiro atoms. The lowest BCUT2D eigenvalue weighted by Crippen LogP contribution is -2.46. The number of piperidine rings is 1. The van der Waals surface area contributed by atoms with Crippen molar-refractivity contribution in [3.63, 3.8) is 0 Å². The van der Waals surface area contributed by atoms with Gasteiger partial charge < -0.3 is 9.73 Å². The number of likely N-dealkylation sites (tertiary alicyclic amines) is 1. The van der Waals surface area contributed by atoms with E-state index < -0.39 is 0 Å². The molecule has 1 fully saturated rings. The molecule has 1 N–H and O–H groups in total. The Balaban J connectivity index is 1.60. The van der Waals surface area contributed by atoms with Crippen LogP contribution in [0.25, 0.3) is 11.5 Å². The Morgan fingerprint density at radius 3 is 2.78 bits per heavy atom. The number of carbonyl (C=O) groups excluding carboxylic acids is 1. The second kappa shape index (κ2) is 9.13. The average molecular weight is 370 g/mol. The first-order valence-corrected chi connectivity index (χ1v) is 9.98. The predicted molar refractivity (Wildman–Crippen MR) is 105 cm³/mol. The van der Waals surface area contributed by atoms with E-state index in [0.29, 0.717) is 24.4 Å². The van der Waals surface area contributed by atoms with E-state index in [2.05, 4.69) is 41.2 Å². The minimum absolute atomic E-state index is 0.0394. The van der Waals surface area contributed by atoms with Crippen molar-refractivity contribution >= 4 is 5.91 Å². The number of aromatic nitrogens is 2. The molecule has 2 aromatic rings. The van der Waals surface area contributed by atoms with Crippen molar-refractivity contribution in [3.8, 4) is 11.5 Å². The van der Waals surface area contributed by atoms with Crippen LogP contribution < -0.4 is 5.32 Å². The van der Waals surface area contributed by atoms with E-state index in [1.165, 1.54) is 5.56 Å². The van der Waals surface area contributed by atoms with Crippen molar-refractivity contribution in [2.24, 2.45) is 5.92 Å². The second-order valence-corrected chi connectivity index (χ2v) is 7.56. The van der Waals surface area contributed by atoms with Crippen molar-refractivity contribution in [2.75, 3.05) is 13.1 Å². The van der Waals surface area contributed by atoms with Gasteiger partial charge in [-0.1, -0.05) is 31.0 Å². The number of unbranched alkanes of at least 4 members (excludes halogenated alkanes) is 1. The lowest BCUT2D eigenvalue weighted by Gasteiger charge is -2.36. The van der Waals surface area contributed by atoms with Crippen molar-refractivity contribution in [1.29, 1.82) is 0 Å². The third kappa shape index (κ3) is 5.16. The number of rotatable bonds is 7. The van der Waals surface area contributed by atoms with Gasteiger partial charge in [0.15, 0.2) is 0 Å². The van der Waals surface area contributed by atoms with Crippen LogP contribution in [0.4, 0.5) is 0 Å². The Morgan fingerprint density at radius 1 is 1.26 bits per heavy atom. The smallest absolute Gasteiger partial charge is 0.247 e. The van der Waals surface area contributed by atoms with Crippen molar-refractivity contribution in [2.45, 2.75) is 59.0 Å². The third-order valence-electron chi connectivity index (χ3n) is 5.32. The molecule has 0 saturated carbocycles. The largest absolute Gasteiger partial charge is 0.419 e. The second-order valence-electron chi connectivity index (χ2n) is 7.56. The fraction of sp³-hybridized carbons (Fsp3) is 0.571. The molecule has 2 unspecified atom stereocenters. The van der Waals surface area contributed by atoms with Crippen LogP contribution in [0.3, 0.4) is 0 Å². The zero-order valence-corrected chi connectivity index (χ0v) is 16.6. The molecule has 0 bridgehead atoms. The number of nitrogens with zero attached hydrogens (tertiary/aromatic N) is 3. The van der Waals surface area contributed by atoms with Crippen molar-refractivity contribution < 1.29 is 9.21 Å². The molecule has 146 valence electrons. The highest BCUT2D eigenvalue weighted by molar-refractivity contribution is 5.78. The molecule has 1 aromatic carbocycles. The highest BCUT2D eigenvalue weighted by Crippen LogP contribution is 2.25. The van der Waals surface area contributed by atoms with Gasteiger partial charge in [0.2, 0.25) is 17.7 Å². The summed E-state index contributed by atoms with van der Waals surface area (Å²) in [5.41, 5.74) is 2.13. The normalized spacial score (nSPS) is 20.6. The summed E-state index contributed by atoms with van der Waals surface area (Å²) in [6, 6.07) is 8.46. The molecular weight excluding hydrogens is 340 g/mol. The molecule has 2 atom stereocenters. The van der Waals surface area contributed by atoms with Crippen LogP contribution in [-0.2, 0) is 11.3 Å². The van der Waals surface area contributed by atoms with Gasteiger partial charge in [0.05, 0.1) is 12.5 Å². The maximum atomic E-state index is 12.4. The minimum Gasteiger partial charge on any atom is -0.419 e. The number of aryl methyl sites for hydroxylation is 1. The van der Waals surface area contributed by atoms with Crippen LogP contribution in [0.5, 0.6) is 0 Å². The van der Waals surface area contributed by atoms with Gasteiger partial charge in [-0.05, 0) is 45.2 Å². The summed E-state index contributed by atoms with van der Waals surface area (Å²) in [6.45, 7) is 8.47. The van der Waals surface area contributed by atoms with Crippen LogP contribution in [-0.4, -0.2) is 40.1 Å². The van der Waals surface area contributed by atoms with E-state index in [1.54, 1.807) is 0 Å². The monoisotopic (exact) mass is 370 g/mol. The van der Waals surface area contributed by atoms with Gasteiger partial charge in [0.1, 0.15) is 0 Å². The minimum atomic E-state index is 0.0394. The standard InChI is InChI=1S/C21H30N4O2/c1-4-5-12-22-20(26)18-11-8-16(3)25(13-18)14-19-23-24-21(27-19)17-9-6-15(2)7-10-17/h6-7,9-10,16,18H,4-5,8,11-14H2,1-3H3,(H,22,26). The number of benzene rings is 1. The summed E-state index contributed by atoms with van der Waals surface area (Å²) < 4.78 is 5.87. The lowest BCUT2D eigenvalue weighted by molar-refractivity contribution is -0.127. The first-order chi connectivity index (χ1) is 13.1. The highest BCUT2D eigenvalue weighted by Gasteiger charge is 2.30. The molecule has 0 aliphatic carbocycles. The van der Waals surface area contributed by atoms with Crippen molar-refractivity contribution in [1.82, 2.24) is 20.4 Å². The lowest BCUT2D eigenvalue weighted by atomic mass is 9.92. The van der Waals surface area contributed by atoms with Gasteiger partial charge in [-0.2, -0.15) is 0 Å². The van der Waals surface area contributed by atoms with E-state index in [0.717, 1.165) is 44.3 Å². The van der Waals surface area contributed by atoms with Crippen LogP contribution in [0, 0.1) is 12.8 Å². The highest BCUT2D eigenvalue weighted by atomic mass is 16.4. The van der Waals surface area contributed by atoms with Crippen molar-refractivity contribution in [3.05, 3.63) is 35.7 Å². The Hall–Kier alpha value is -2.21. The zero-order valence-electron chi connectivity index (χ0n) is 16.6. The molecule has 6 nitrogen and oxygen atoms in total. The average Bonchev–Trinajstić information content (AvgIpc) is 3.13. The van der Waals surface area contributed by atoms with E-state index in [9.17, 15) is 4.79 Å². The van der Waals surface area contributed by atoms with Crippen LogP contribution in [0.1, 0.15) is 51.0 Å². The summed E-state index contributed by atoms with van der Waals surface area (Å²) in [5.74, 6) is 1.36. The Bertz CT molecular complexity index is 741. The topological polar surface area (TPSA) is 71.3 Å². The summed E-state index contributed by atoms with van der Waals surface area (Å²) in [7, 11) is 0. The number of amides is 1. The Kier molecular flexibility index (Phi) is 6.61. The number of hydrogen-bond donors (Lipinski definition) is 1. The molecular formula is C21H30N4O2. The fourth-order valence-electron chi connectivity index (χ4n) is 3.45. The summed E-state index contributed by atoms with van der Waals surface area (Å²) >= 11 is 0. The van der Waals surface area contributed by atoms with E-state index in [1.807, 2.05) is 24.3 Å². The fourth-order valence-corrected chi connectivity index (χ4v) is 3.45. The summed E-state index contributed by atoms with van der Waals surface area (Å²) in [4.78, 5) is 14.7. The van der Waals surface area contributed by atoms with Gasteiger partial charge in [-0.15, -0.1) is 10.2 Å². The molecule has 3 rings (SSSR count). The third-order valence-corrected chi connectivity index (χ3v) is 5.32. The number of carbonyl (C=O) groups is 1. The SMILES string of the molecule is CCCCNC(=O)C1CCC(C)N(Cc2nnc(-c3ccc(C)cc3)o2)C1. The molecule has 27 heavy (non-hydrogen) atoms. The Morgan fingerprint density at radius 2 is 2.04 bits per heavy atom. The molecule has 1 aliphatic rings. The van der Waals surface area contributed by atoms with Crippen LogP contribution in [0.2, 0.25) is 0 Å². The number of nitrogens with one attached hydrogen (secondary N) is 1. The van der Waals surface area contributed by atoms with Crippen LogP contribution >= 0.6 is 0 Å². The summed E-state index contributed by atoms with van der Waals surface area (Å²) in [5, 5.41) is 11.5. The van der Waals surface area contributed by atoms with Crippen LogP contribution in [0.15, 0.2) is 28.7 Å². The van der Waals surface area contributed by atoms with Gasteiger partial charge in [-0.3, -0.25) is 9.69 Å². The van der Waals surface area contributed by atoms with Gasteiger partial charge in [0.25, 0.3) is 0 Å². The molecule has 1 saturated heterocycles. The molecule has 1 aliphatic heterocycles. The van der Waals surface area contributed by atoms with Gasteiger partial charge >= 0.3 is 0 Å². The number of hydrogen-bond acceptors (Lipinski definition) is 5. The van der Waals surface area contributed by atoms with E-state index in [4.69, 9.17) is 4.42 Å². The zero-order chi connectivity index (χ0) is 19.2. The molecule has 6 heteroatoms. The van der Waals surface area contributed by atoms with Gasteiger partial charge in [-0.25, -0.2) is 0 Å². The van der Waals surface area contributed by atoms with Gasteiger partial charge in [0, 0.05) is 24.7 Å². The van der Waals surface area contributed by atoms with E-state index >= 15 is 0 Å². The van der Waals surface area contributed by atoms with E-state index in [-0.39, 0.29) is 11.8 Å². The molecule has 2 heterocycles. The first-order valence-electron chi connectivity index (χ1n) is 9.98. The first kappa shape index (κ1) is 19.5. The molecule has 1 amide bonds. The molecule has 0 radical (unpaired) electrons. The predicted octanol–water partition coefficient (Wildman–Crippen LogP) is 3.56. The summed E-state index contributed by atoms with van der Waals surface area (Å²) in [6.07, 6.45) is 4.07. The molecule has 1 aromatic heterocycles. The maximum Gasteiger partial charge on any atom is 0.247 e. The quantitative estimate of drug-likeness (QED) is 0.755.